The Morgan fingerprint density at radius 2 is 1.76 bits per heavy atom. The summed E-state index contributed by atoms with van der Waals surface area (Å²) in [6, 6.07) is 10.9. The zero-order valence-electron chi connectivity index (χ0n) is 13.3. The van der Waals surface area contributed by atoms with Gasteiger partial charge in [0.2, 0.25) is 6.79 Å². The van der Waals surface area contributed by atoms with Crippen molar-refractivity contribution in [2.75, 3.05) is 13.4 Å². The molecule has 1 amide bonds. The van der Waals surface area contributed by atoms with Gasteiger partial charge in [-0.15, -0.1) is 0 Å². The number of rotatable bonds is 6. The summed E-state index contributed by atoms with van der Waals surface area (Å²) < 4.78 is 28.2. The lowest BCUT2D eigenvalue weighted by molar-refractivity contribution is -0.147. The molecule has 0 aliphatic carbocycles. The molecule has 0 radical (unpaired) electrons. The molecule has 1 N–H and O–H groups in total. The number of hydrogen-bond donors (Lipinski definition) is 1. The van der Waals surface area contributed by atoms with Gasteiger partial charge in [-0.3, -0.25) is 9.59 Å². The van der Waals surface area contributed by atoms with E-state index in [-0.39, 0.29) is 32.2 Å². The van der Waals surface area contributed by atoms with Crippen molar-refractivity contribution >= 4 is 11.9 Å². The fourth-order valence-electron chi connectivity index (χ4n) is 2.27. The van der Waals surface area contributed by atoms with Crippen LogP contribution in [0.1, 0.15) is 11.1 Å². The van der Waals surface area contributed by atoms with Crippen molar-refractivity contribution in [1.29, 1.82) is 0 Å². The van der Waals surface area contributed by atoms with Gasteiger partial charge in [0.05, 0.1) is 6.42 Å². The van der Waals surface area contributed by atoms with Crippen LogP contribution in [0.3, 0.4) is 0 Å². The van der Waals surface area contributed by atoms with Crippen LogP contribution in [0, 0.1) is 5.82 Å². The Morgan fingerprint density at radius 3 is 2.56 bits per heavy atom. The standard InChI is InChI=1S/C18H16FNO5/c19-14-4-1-12(2-5-14)8-18(22)23-10-17(21)20-9-13-3-6-15-16(7-13)25-11-24-15/h1-7H,8-11H2,(H,20,21). The van der Waals surface area contributed by atoms with Gasteiger partial charge in [0, 0.05) is 6.54 Å². The molecule has 0 fully saturated rings. The van der Waals surface area contributed by atoms with Crippen LogP contribution in [0.25, 0.3) is 0 Å². The second-order valence-corrected chi connectivity index (χ2v) is 5.43. The number of halogens is 1. The van der Waals surface area contributed by atoms with Gasteiger partial charge in [-0.1, -0.05) is 18.2 Å². The topological polar surface area (TPSA) is 73.9 Å². The molecule has 0 unspecified atom stereocenters. The van der Waals surface area contributed by atoms with Gasteiger partial charge >= 0.3 is 5.97 Å². The Morgan fingerprint density at radius 1 is 1.04 bits per heavy atom. The first kappa shape index (κ1) is 16.8. The highest BCUT2D eigenvalue weighted by molar-refractivity contribution is 5.81. The molecule has 3 rings (SSSR count). The van der Waals surface area contributed by atoms with Crippen LogP contribution in [0.4, 0.5) is 4.39 Å². The lowest BCUT2D eigenvalue weighted by atomic mass is 10.1. The zero-order valence-corrected chi connectivity index (χ0v) is 13.3. The normalized spacial score (nSPS) is 11.9. The van der Waals surface area contributed by atoms with E-state index in [4.69, 9.17) is 14.2 Å². The Labute approximate surface area is 143 Å². The molecule has 1 aliphatic rings. The molecule has 0 spiro atoms. The number of amides is 1. The van der Waals surface area contributed by atoms with E-state index in [2.05, 4.69) is 5.32 Å². The van der Waals surface area contributed by atoms with Crippen LogP contribution in [0.2, 0.25) is 0 Å². The van der Waals surface area contributed by atoms with Crippen molar-refractivity contribution in [3.05, 3.63) is 59.4 Å². The highest BCUT2D eigenvalue weighted by atomic mass is 19.1. The molecule has 130 valence electrons. The minimum Gasteiger partial charge on any atom is -0.455 e. The van der Waals surface area contributed by atoms with Crippen molar-refractivity contribution in [2.45, 2.75) is 13.0 Å². The van der Waals surface area contributed by atoms with E-state index in [1.807, 2.05) is 6.07 Å². The van der Waals surface area contributed by atoms with Crippen molar-refractivity contribution in [3.8, 4) is 11.5 Å². The fourth-order valence-corrected chi connectivity index (χ4v) is 2.27. The predicted octanol–water partition coefficient (Wildman–Crippen LogP) is 1.96. The monoisotopic (exact) mass is 345 g/mol. The molecule has 2 aromatic rings. The van der Waals surface area contributed by atoms with E-state index in [0.717, 1.165) is 5.56 Å². The van der Waals surface area contributed by atoms with Crippen LogP contribution < -0.4 is 14.8 Å². The van der Waals surface area contributed by atoms with Gasteiger partial charge in [-0.05, 0) is 35.4 Å². The van der Waals surface area contributed by atoms with Crippen LogP contribution in [0.5, 0.6) is 11.5 Å². The number of esters is 1. The third kappa shape index (κ3) is 4.69. The molecule has 0 saturated carbocycles. The molecule has 2 aromatic carbocycles. The lowest BCUT2D eigenvalue weighted by Crippen LogP contribution is -2.28. The quantitative estimate of drug-likeness (QED) is 0.810. The maximum absolute atomic E-state index is 12.8. The predicted molar refractivity (Wildman–Crippen MR) is 85.5 cm³/mol. The van der Waals surface area contributed by atoms with E-state index in [0.29, 0.717) is 17.1 Å². The highest BCUT2D eigenvalue weighted by Crippen LogP contribution is 2.32. The van der Waals surface area contributed by atoms with Crippen molar-refractivity contribution in [2.24, 2.45) is 0 Å². The van der Waals surface area contributed by atoms with Gasteiger partial charge in [0.25, 0.3) is 5.91 Å². The number of carbonyl (C=O) groups is 2. The first-order chi connectivity index (χ1) is 12.1. The molecule has 6 nitrogen and oxygen atoms in total. The molecule has 0 saturated heterocycles. The molecule has 7 heteroatoms. The summed E-state index contributed by atoms with van der Waals surface area (Å²) in [6.45, 7) is 0.102. The summed E-state index contributed by atoms with van der Waals surface area (Å²) >= 11 is 0. The maximum atomic E-state index is 12.8. The number of nitrogens with one attached hydrogen (secondary N) is 1. The van der Waals surface area contributed by atoms with Crippen molar-refractivity contribution < 1.29 is 28.2 Å². The Hall–Kier alpha value is -3.09. The highest BCUT2D eigenvalue weighted by Gasteiger charge is 2.14. The van der Waals surface area contributed by atoms with Gasteiger partial charge in [0.15, 0.2) is 18.1 Å². The summed E-state index contributed by atoms with van der Waals surface area (Å²) in [5.74, 6) is -0.0303. The molecule has 0 aromatic heterocycles. The molecule has 0 bridgehead atoms. The van der Waals surface area contributed by atoms with Gasteiger partial charge in [-0.25, -0.2) is 4.39 Å². The first-order valence-electron chi connectivity index (χ1n) is 7.65. The van der Waals surface area contributed by atoms with E-state index in [1.54, 1.807) is 12.1 Å². The molecular formula is C18H16FNO5. The number of benzene rings is 2. The van der Waals surface area contributed by atoms with E-state index in [1.165, 1.54) is 24.3 Å². The summed E-state index contributed by atoms with van der Waals surface area (Å²) in [5.41, 5.74) is 1.46. The number of hydrogen-bond acceptors (Lipinski definition) is 5. The SMILES string of the molecule is O=C(COC(=O)Cc1ccc(F)cc1)NCc1ccc2c(c1)OCO2. The van der Waals surface area contributed by atoms with Crippen LogP contribution >= 0.6 is 0 Å². The zero-order chi connectivity index (χ0) is 17.6. The smallest absolute Gasteiger partial charge is 0.310 e. The summed E-state index contributed by atoms with van der Waals surface area (Å²) in [5, 5.41) is 2.65. The van der Waals surface area contributed by atoms with Gasteiger partial charge < -0.3 is 19.5 Å². The minimum absolute atomic E-state index is 0.0181. The third-order valence-electron chi connectivity index (χ3n) is 3.55. The molecule has 1 heterocycles. The van der Waals surface area contributed by atoms with E-state index < -0.39 is 11.9 Å². The summed E-state index contributed by atoms with van der Waals surface area (Å²) in [7, 11) is 0. The first-order valence-corrected chi connectivity index (χ1v) is 7.65. The second-order valence-electron chi connectivity index (χ2n) is 5.43. The van der Waals surface area contributed by atoms with Crippen molar-refractivity contribution in [1.82, 2.24) is 5.32 Å². The lowest BCUT2D eigenvalue weighted by Gasteiger charge is -2.07. The number of fused-ring (bicyclic) bond motifs is 1. The van der Waals surface area contributed by atoms with Crippen molar-refractivity contribution in [3.63, 3.8) is 0 Å². The molecule has 1 aliphatic heterocycles. The van der Waals surface area contributed by atoms with E-state index in [9.17, 15) is 14.0 Å². The number of carbonyl (C=O) groups excluding carboxylic acids is 2. The van der Waals surface area contributed by atoms with Crippen LogP contribution in [0.15, 0.2) is 42.5 Å². The molecule has 0 atom stereocenters. The fraction of sp³-hybridized carbons (Fsp3) is 0.222. The summed E-state index contributed by atoms with van der Waals surface area (Å²) in [6.07, 6.45) is -0.0181. The second kappa shape index (κ2) is 7.65. The van der Waals surface area contributed by atoms with Gasteiger partial charge in [0.1, 0.15) is 5.82 Å². The number of ether oxygens (including phenoxy) is 3. The maximum Gasteiger partial charge on any atom is 0.310 e. The Balaban J connectivity index is 1.40. The van der Waals surface area contributed by atoms with E-state index >= 15 is 0 Å². The summed E-state index contributed by atoms with van der Waals surface area (Å²) in [4.78, 5) is 23.4. The Bertz CT molecular complexity index is 776. The van der Waals surface area contributed by atoms with Crippen LogP contribution in [-0.4, -0.2) is 25.3 Å². The third-order valence-corrected chi connectivity index (χ3v) is 3.55. The van der Waals surface area contributed by atoms with Gasteiger partial charge in [-0.2, -0.15) is 0 Å². The molecule has 25 heavy (non-hydrogen) atoms. The average Bonchev–Trinajstić information content (AvgIpc) is 3.08. The van der Waals surface area contributed by atoms with Crippen LogP contribution in [-0.2, 0) is 27.3 Å². The minimum atomic E-state index is -0.551. The largest absolute Gasteiger partial charge is 0.455 e. The average molecular weight is 345 g/mol. The molecular weight excluding hydrogens is 329 g/mol. The Kier molecular flexibility index (Phi) is 5.13.